The summed E-state index contributed by atoms with van der Waals surface area (Å²) in [6, 6.07) is 8.12. The van der Waals surface area contributed by atoms with Crippen molar-refractivity contribution in [1.82, 2.24) is 9.97 Å². The monoisotopic (exact) mass is 255 g/mol. The molecule has 2 aromatic rings. The number of rotatable bonds is 4. The fourth-order valence-electron chi connectivity index (χ4n) is 2.35. The third-order valence-electron chi connectivity index (χ3n) is 3.41. The van der Waals surface area contributed by atoms with Gasteiger partial charge in [-0.1, -0.05) is 12.1 Å². The van der Waals surface area contributed by atoms with Crippen LogP contribution in [0.2, 0.25) is 0 Å². The molecule has 1 N–H and O–H groups in total. The Morgan fingerprint density at radius 3 is 2.95 bits per heavy atom. The molecule has 0 atom stereocenters. The summed E-state index contributed by atoms with van der Waals surface area (Å²) in [5.41, 5.74) is 3.76. The fraction of sp³-hybridized carbons (Fsp3) is 0.333. The van der Waals surface area contributed by atoms with E-state index < -0.39 is 0 Å². The van der Waals surface area contributed by atoms with Crippen LogP contribution in [0.3, 0.4) is 0 Å². The van der Waals surface area contributed by atoms with Crippen molar-refractivity contribution in [3.63, 3.8) is 0 Å². The standard InChI is InChI=1S/C15H17N3O/c1-19-15-8-5-11(10-17-15)9-16-14-7-6-12-3-2-4-13(12)18-14/h5-8,10H,2-4,9H2,1H3,(H,16,18). The Kier molecular flexibility index (Phi) is 3.31. The minimum absolute atomic E-state index is 0.638. The molecule has 0 radical (unpaired) electrons. The van der Waals surface area contributed by atoms with Gasteiger partial charge >= 0.3 is 0 Å². The first-order valence-corrected chi connectivity index (χ1v) is 6.57. The zero-order chi connectivity index (χ0) is 13.1. The Balaban J connectivity index is 1.65. The molecular formula is C15H17N3O. The van der Waals surface area contributed by atoms with E-state index in [1.807, 2.05) is 18.3 Å². The molecule has 0 aliphatic heterocycles. The van der Waals surface area contributed by atoms with Gasteiger partial charge < -0.3 is 10.1 Å². The molecule has 2 heterocycles. The second kappa shape index (κ2) is 5.26. The molecule has 1 aliphatic carbocycles. The van der Waals surface area contributed by atoms with Gasteiger partial charge in [0.2, 0.25) is 5.88 Å². The molecule has 0 saturated heterocycles. The molecule has 4 heteroatoms. The number of anilines is 1. The molecule has 0 saturated carbocycles. The van der Waals surface area contributed by atoms with E-state index in [0.717, 1.165) is 24.3 Å². The zero-order valence-electron chi connectivity index (χ0n) is 11.0. The highest BCUT2D eigenvalue weighted by atomic mass is 16.5. The Hall–Kier alpha value is -2.10. The topological polar surface area (TPSA) is 47.0 Å². The average Bonchev–Trinajstić information content (AvgIpc) is 2.93. The predicted molar refractivity (Wildman–Crippen MR) is 74.4 cm³/mol. The first-order chi connectivity index (χ1) is 9.35. The van der Waals surface area contributed by atoms with Crippen LogP contribution in [0.15, 0.2) is 30.5 Å². The van der Waals surface area contributed by atoms with Crippen molar-refractivity contribution in [3.8, 4) is 5.88 Å². The lowest BCUT2D eigenvalue weighted by Gasteiger charge is -2.07. The second-order valence-corrected chi connectivity index (χ2v) is 4.72. The molecule has 2 aromatic heterocycles. The third-order valence-corrected chi connectivity index (χ3v) is 3.41. The number of pyridine rings is 2. The largest absolute Gasteiger partial charge is 0.481 e. The summed E-state index contributed by atoms with van der Waals surface area (Å²) in [5, 5.41) is 3.34. The van der Waals surface area contributed by atoms with Gasteiger partial charge in [-0.2, -0.15) is 0 Å². The number of hydrogen-bond acceptors (Lipinski definition) is 4. The Morgan fingerprint density at radius 2 is 2.16 bits per heavy atom. The van der Waals surface area contributed by atoms with Gasteiger partial charge in [-0.05, 0) is 36.5 Å². The number of nitrogens with one attached hydrogen (secondary N) is 1. The number of fused-ring (bicyclic) bond motifs is 1. The van der Waals surface area contributed by atoms with Crippen LogP contribution in [-0.2, 0) is 19.4 Å². The maximum Gasteiger partial charge on any atom is 0.212 e. The molecule has 3 rings (SSSR count). The van der Waals surface area contributed by atoms with Gasteiger partial charge in [0.1, 0.15) is 5.82 Å². The lowest BCUT2D eigenvalue weighted by Crippen LogP contribution is -2.03. The maximum atomic E-state index is 5.04. The summed E-state index contributed by atoms with van der Waals surface area (Å²) in [6.07, 6.45) is 5.33. The Morgan fingerprint density at radius 1 is 1.21 bits per heavy atom. The van der Waals surface area contributed by atoms with Crippen molar-refractivity contribution in [3.05, 3.63) is 47.3 Å². The first-order valence-electron chi connectivity index (χ1n) is 6.57. The van der Waals surface area contributed by atoms with Crippen molar-refractivity contribution in [1.29, 1.82) is 0 Å². The fourth-order valence-corrected chi connectivity index (χ4v) is 2.35. The Bertz CT molecular complexity index is 566. The van der Waals surface area contributed by atoms with Crippen LogP contribution in [0.4, 0.5) is 5.82 Å². The molecule has 1 aliphatic rings. The summed E-state index contributed by atoms with van der Waals surface area (Å²) in [7, 11) is 1.62. The van der Waals surface area contributed by atoms with Crippen LogP contribution in [0.5, 0.6) is 5.88 Å². The van der Waals surface area contributed by atoms with Gasteiger partial charge in [0.15, 0.2) is 0 Å². The molecule has 0 unspecified atom stereocenters. The summed E-state index contributed by atoms with van der Waals surface area (Å²) in [6.45, 7) is 0.725. The van der Waals surface area contributed by atoms with E-state index >= 15 is 0 Å². The number of hydrogen-bond donors (Lipinski definition) is 1. The maximum absolute atomic E-state index is 5.04. The average molecular weight is 255 g/mol. The van der Waals surface area contributed by atoms with E-state index in [0.29, 0.717) is 5.88 Å². The van der Waals surface area contributed by atoms with E-state index in [2.05, 4.69) is 27.4 Å². The van der Waals surface area contributed by atoms with Crippen LogP contribution >= 0.6 is 0 Å². The molecule has 98 valence electrons. The van der Waals surface area contributed by atoms with Crippen molar-refractivity contribution >= 4 is 5.82 Å². The molecule has 0 fully saturated rings. The highest BCUT2D eigenvalue weighted by Gasteiger charge is 2.12. The quantitative estimate of drug-likeness (QED) is 0.912. The van der Waals surface area contributed by atoms with Crippen molar-refractivity contribution in [2.45, 2.75) is 25.8 Å². The van der Waals surface area contributed by atoms with Crippen LogP contribution in [-0.4, -0.2) is 17.1 Å². The van der Waals surface area contributed by atoms with Crippen molar-refractivity contribution in [2.75, 3.05) is 12.4 Å². The molecule has 19 heavy (non-hydrogen) atoms. The number of methoxy groups -OCH3 is 1. The van der Waals surface area contributed by atoms with E-state index in [1.54, 1.807) is 7.11 Å². The van der Waals surface area contributed by atoms with E-state index in [-0.39, 0.29) is 0 Å². The van der Waals surface area contributed by atoms with Gasteiger partial charge in [-0.15, -0.1) is 0 Å². The lowest BCUT2D eigenvalue weighted by atomic mass is 10.2. The molecule has 0 aromatic carbocycles. The highest BCUT2D eigenvalue weighted by molar-refractivity contribution is 5.41. The zero-order valence-corrected chi connectivity index (χ0v) is 11.0. The van der Waals surface area contributed by atoms with Gasteiger partial charge in [-0.3, -0.25) is 0 Å². The van der Waals surface area contributed by atoms with Crippen molar-refractivity contribution in [2.24, 2.45) is 0 Å². The SMILES string of the molecule is COc1ccc(CNc2ccc3c(n2)CCC3)cn1. The van der Waals surface area contributed by atoms with E-state index in [9.17, 15) is 0 Å². The summed E-state index contributed by atoms with van der Waals surface area (Å²) < 4.78 is 5.04. The van der Waals surface area contributed by atoms with Crippen LogP contribution < -0.4 is 10.1 Å². The van der Waals surface area contributed by atoms with Crippen LogP contribution in [0.25, 0.3) is 0 Å². The van der Waals surface area contributed by atoms with Gasteiger partial charge in [0.05, 0.1) is 7.11 Å². The summed E-state index contributed by atoms with van der Waals surface area (Å²) >= 11 is 0. The normalized spacial score (nSPS) is 13.1. The summed E-state index contributed by atoms with van der Waals surface area (Å²) in [5.74, 6) is 1.58. The Labute approximate surface area is 112 Å². The smallest absolute Gasteiger partial charge is 0.212 e. The predicted octanol–water partition coefficient (Wildman–Crippen LogP) is 2.59. The van der Waals surface area contributed by atoms with Gasteiger partial charge in [-0.25, -0.2) is 9.97 Å². The van der Waals surface area contributed by atoms with Crippen LogP contribution in [0.1, 0.15) is 23.2 Å². The van der Waals surface area contributed by atoms with Crippen LogP contribution in [0, 0.1) is 0 Å². The van der Waals surface area contributed by atoms with Gasteiger partial charge in [0.25, 0.3) is 0 Å². The molecular weight excluding hydrogens is 238 g/mol. The highest BCUT2D eigenvalue weighted by Crippen LogP contribution is 2.21. The molecule has 0 amide bonds. The third kappa shape index (κ3) is 2.67. The number of aromatic nitrogens is 2. The summed E-state index contributed by atoms with van der Waals surface area (Å²) in [4.78, 5) is 8.83. The number of nitrogens with zero attached hydrogens (tertiary/aromatic N) is 2. The molecule has 4 nitrogen and oxygen atoms in total. The molecule has 0 spiro atoms. The number of ether oxygens (including phenoxy) is 1. The lowest BCUT2D eigenvalue weighted by molar-refractivity contribution is 0.397. The number of aryl methyl sites for hydroxylation is 2. The van der Waals surface area contributed by atoms with Crippen molar-refractivity contribution < 1.29 is 4.74 Å². The second-order valence-electron chi connectivity index (χ2n) is 4.72. The first kappa shape index (κ1) is 12.0. The minimum Gasteiger partial charge on any atom is -0.481 e. The van der Waals surface area contributed by atoms with Gasteiger partial charge in [0, 0.05) is 24.5 Å². The minimum atomic E-state index is 0.638. The van der Waals surface area contributed by atoms with E-state index in [1.165, 1.54) is 24.1 Å². The molecule has 0 bridgehead atoms. The van der Waals surface area contributed by atoms with E-state index in [4.69, 9.17) is 4.74 Å².